The normalized spacial score (nSPS) is 23.0. The standard InChI is InChI=1S/C17H27FN2O/c1-12-8-13(6-7-14(12)18)15(9-19)20-10-16(2,3)21-17(4,5)11-20/h6-8,15H,9-11,19H2,1-5H3. The predicted molar refractivity (Wildman–Crippen MR) is 83.7 cm³/mol. The van der Waals surface area contributed by atoms with E-state index in [9.17, 15) is 4.39 Å². The van der Waals surface area contributed by atoms with Crippen LogP contribution >= 0.6 is 0 Å². The summed E-state index contributed by atoms with van der Waals surface area (Å²) < 4.78 is 19.6. The number of nitrogens with two attached hydrogens (primary N) is 1. The number of halogens is 1. The SMILES string of the molecule is Cc1cc(C(CN)N2CC(C)(C)OC(C)(C)C2)ccc1F. The minimum atomic E-state index is -0.218. The van der Waals surface area contributed by atoms with Crippen LogP contribution in [0.4, 0.5) is 4.39 Å². The van der Waals surface area contributed by atoms with Gasteiger partial charge in [0.05, 0.1) is 11.2 Å². The summed E-state index contributed by atoms with van der Waals surface area (Å²) in [5.41, 5.74) is 7.33. The second-order valence-electron chi connectivity index (χ2n) is 7.29. The van der Waals surface area contributed by atoms with E-state index in [1.54, 1.807) is 6.92 Å². The highest BCUT2D eigenvalue weighted by Crippen LogP contribution is 2.33. The maximum Gasteiger partial charge on any atom is 0.126 e. The third-order valence-corrected chi connectivity index (χ3v) is 3.95. The summed E-state index contributed by atoms with van der Waals surface area (Å²) in [4.78, 5) is 2.36. The first-order valence-electron chi connectivity index (χ1n) is 7.54. The van der Waals surface area contributed by atoms with Crippen molar-refractivity contribution in [2.24, 2.45) is 5.73 Å². The van der Waals surface area contributed by atoms with Crippen LogP contribution in [0.5, 0.6) is 0 Å². The molecule has 21 heavy (non-hydrogen) atoms. The van der Waals surface area contributed by atoms with Crippen molar-refractivity contribution in [2.45, 2.75) is 51.9 Å². The van der Waals surface area contributed by atoms with Gasteiger partial charge in [-0.25, -0.2) is 4.39 Å². The molecule has 0 aliphatic carbocycles. The van der Waals surface area contributed by atoms with E-state index in [0.717, 1.165) is 18.7 Å². The van der Waals surface area contributed by atoms with Crippen LogP contribution in [-0.2, 0) is 4.74 Å². The first-order chi connectivity index (χ1) is 9.63. The molecule has 3 nitrogen and oxygen atoms in total. The Morgan fingerprint density at radius 1 is 1.24 bits per heavy atom. The van der Waals surface area contributed by atoms with E-state index in [1.165, 1.54) is 6.07 Å². The van der Waals surface area contributed by atoms with E-state index in [1.807, 2.05) is 12.1 Å². The van der Waals surface area contributed by atoms with Crippen LogP contribution in [0, 0.1) is 12.7 Å². The minimum Gasteiger partial charge on any atom is -0.367 e. The summed E-state index contributed by atoms with van der Waals surface area (Å²) in [6, 6.07) is 5.37. The smallest absolute Gasteiger partial charge is 0.126 e. The molecule has 1 atom stereocenters. The maximum atomic E-state index is 13.5. The second kappa shape index (κ2) is 5.67. The lowest BCUT2D eigenvalue weighted by Gasteiger charge is -2.49. The summed E-state index contributed by atoms with van der Waals surface area (Å²) in [5, 5.41) is 0. The minimum absolute atomic E-state index is 0.0896. The zero-order valence-corrected chi connectivity index (χ0v) is 13.7. The Morgan fingerprint density at radius 3 is 2.29 bits per heavy atom. The lowest BCUT2D eigenvalue weighted by molar-refractivity contribution is -0.187. The molecule has 0 spiro atoms. The van der Waals surface area contributed by atoms with Gasteiger partial charge in [0.15, 0.2) is 0 Å². The van der Waals surface area contributed by atoms with Gasteiger partial charge in [-0.3, -0.25) is 4.90 Å². The van der Waals surface area contributed by atoms with Gasteiger partial charge in [-0.1, -0.05) is 12.1 Å². The number of hydrogen-bond acceptors (Lipinski definition) is 3. The number of aryl methyl sites for hydroxylation is 1. The average molecular weight is 294 g/mol. The molecule has 0 bridgehead atoms. The number of ether oxygens (including phenoxy) is 1. The fourth-order valence-corrected chi connectivity index (χ4v) is 3.44. The number of benzene rings is 1. The van der Waals surface area contributed by atoms with Gasteiger partial charge in [0.2, 0.25) is 0 Å². The van der Waals surface area contributed by atoms with Gasteiger partial charge < -0.3 is 10.5 Å². The van der Waals surface area contributed by atoms with Gasteiger partial charge in [-0.15, -0.1) is 0 Å². The lowest BCUT2D eigenvalue weighted by Crippen LogP contribution is -2.58. The van der Waals surface area contributed by atoms with Crippen LogP contribution in [0.15, 0.2) is 18.2 Å². The predicted octanol–water partition coefficient (Wildman–Crippen LogP) is 3.02. The number of morpholine rings is 1. The van der Waals surface area contributed by atoms with E-state index >= 15 is 0 Å². The van der Waals surface area contributed by atoms with Gasteiger partial charge in [0.25, 0.3) is 0 Å². The Labute approximate surface area is 127 Å². The van der Waals surface area contributed by atoms with Crippen molar-refractivity contribution in [3.63, 3.8) is 0 Å². The molecule has 1 aliphatic heterocycles. The Morgan fingerprint density at radius 2 is 1.81 bits per heavy atom. The van der Waals surface area contributed by atoms with Crippen molar-refractivity contribution in [2.75, 3.05) is 19.6 Å². The van der Waals surface area contributed by atoms with E-state index in [0.29, 0.717) is 12.1 Å². The molecule has 0 amide bonds. The van der Waals surface area contributed by atoms with Gasteiger partial charge in [-0.2, -0.15) is 0 Å². The fraction of sp³-hybridized carbons (Fsp3) is 0.647. The number of hydrogen-bond donors (Lipinski definition) is 1. The van der Waals surface area contributed by atoms with E-state index in [-0.39, 0.29) is 23.1 Å². The summed E-state index contributed by atoms with van der Waals surface area (Å²) in [6.07, 6.45) is 0. The van der Waals surface area contributed by atoms with E-state index in [4.69, 9.17) is 10.5 Å². The maximum absolute atomic E-state index is 13.5. The zero-order chi connectivity index (χ0) is 15.8. The third kappa shape index (κ3) is 3.82. The number of rotatable bonds is 3. The molecule has 1 aliphatic rings. The molecule has 1 unspecified atom stereocenters. The molecule has 118 valence electrons. The molecule has 1 heterocycles. The Kier molecular flexibility index (Phi) is 4.43. The van der Waals surface area contributed by atoms with Crippen molar-refractivity contribution < 1.29 is 9.13 Å². The molecular weight excluding hydrogens is 267 g/mol. The highest BCUT2D eigenvalue weighted by Gasteiger charge is 2.40. The van der Waals surface area contributed by atoms with Gasteiger partial charge >= 0.3 is 0 Å². The highest BCUT2D eigenvalue weighted by atomic mass is 19.1. The summed E-state index contributed by atoms with van der Waals surface area (Å²) in [7, 11) is 0. The van der Waals surface area contributed by atoms with E-state index in [2.05, 4.69) is 32.6 Å². The first-order valence-corrected chi connectivity index (χ1v) is 7.54. The number of nitrogens with zero attached hydrogens (tertiary/aromatic N) is 1. The van der Waals surface area contributed by atoms with Gasteiger partial charge in [0.1, 0.15) is 5.82 Å². The summed E-state index contributed by atoms with van der Waals surface area (Å²) in [6.45, 7) is 12.3. The lowest BCUT2D eigenvalue weighted by atomic mass is 9.94. The van der Waals surface area contributed by atoms with Crippen molar-refractivity contribution in [1.29, 1.82) is 0 Å². The molecule has 2 rings (SSSR count). The quantitative estimate of drug-likeness (QED) is 0.931. The van der Waals surface area contributed by atoms with Crippen LogP contribution in [0.1, 0.15) is 44.9 Å². The Hall–Kier alpha value is -0.970. The van der Waals surface area contributed by atoms with Gasteiger partial charge in [0, 0.05) is 25.7 Å². The molecular formula is C17H27FN2O. The van der Waals surface area contributed by atoms with Crippen LogP contribution in [0.25, 0.3) is 0 Å². The summed E-state index contributed by atoms with van der Waals surface area (Å²) >= 11 is 0. The van der Waals surface area contributed by atoms with Crippen LogP contribution in [0.2, 0.25) is 0 Å². The van der Waals surface area contributed by atoms with Crippen molar-refractivity contribution in [3.8, 4) is 0 Å². The zero-order valence-electron chi connectivity index (χ0n) is 13.7. The first kappa shape index (κ1) is 16.4. The van der Waals surface area contributed by atoms with Crippen molar-refractivity contribution in [1.82, 2.24) is 4.90 Å². The average Bonchev–Trinajstić information content (AvgIpc) is 2.30. The second-order valence-corrected chi connectivity index (χ2v) is 7.29. The molecule has 1 saturated heterocycles. The molecule has 0 radical (unpaired) electrons. The fourth-order valence-electron chi connectivity index (χ4n) is 3.44. The highest BCUT2D eigenvalue weighted by molar-refractivity contribution is 5.27. The molecule has 1 fully saturated rings. The van der Waals surface area contributed by atoms with Crippen LogP contribution in [-0.4, -0.2) is 35.7 Å². The third-order valence-electron chi connectivity index (χ3n) is 3.95. The Balaban J connectivity index is 2.29. The molecule has 1 aromatic carbocycles. The van der Waals surface area contributed by atoms with Crippen LogP contribution in [0.3, 0.4) is 0 Å². The molecule has 2 N–H and O–H groups in total. The molecule has 4 heteroatoms. The topological polar surface area (TPSA) is 38.5 Å². The molecule has 1 aromatic rings. The largest absolute Gasteiger partial charge is 0.367 e. The van der Waals surface area contributed by atoms with Crippen LogP contribution < -0.4 is 5.73 Å². The monoisotopic (exact) mass is 294 g/mol. The molecule has 0 aromatic heterocycles. The van der Waals surface area contributed by atoms with E-state index < -0.39 is 0 Å². The van der Waals surface area contributed by atoms with Crippen molar-refractivity contribution in [3.05, 3.63) is 35.1 Å². The Bertz CT molecular complexity index is 498. The van der Waals surface area contributed by atoms with Gasteiger partial charge in [-0.05, 0) is 51.8 Å². The molecule has 0 saturated carbocycles. The summed E-state index contributed by atoms with van der Waals surface area (Å²) in [5.74, 6) is -0.169. The van der Waals surface area contributed by atoms with Crippen molar-refractivity contribution >= 4 is 0 Å².